The van der Waals surface area contributed by atoms with E-state index in [1.165, 1.54) is 5.56 Å². The topological polar surface area (TPSA) is 38.0 Å². The van der Waals surface area contributed by atoms with Crippen LogP contribution >= 0.6 is 22.9 Å². The average Bonchev–Trinajstić information content (AvgIpc) is 2.79. The highest BCUT2D eigenvalue weighted by Gasteiger charge is 2.14. The number of benzene rings is 1. The first kappa shape index (κ1) is 12.6. The molecule has 0 spiro atoms. The first-order valence-electron chi connectivity index (χ1n) is 5.44. The van der Waals surface area contributed by atoms with Gasteiger partial charge in [-0.25, -0.2) is 0 Å². The van der Waals surface area contributed by atoms with Crippen LogP contribution in [-0.4, -0.2) is 0 Å². The molecule has 90 valence electrons. The first-order valence-corrected chi connectivity index (χ1v) is 6.76. The Morgan fingerprint density at radius 1 is 1.41 bits per heavy atom. The minimum atomic E-state index is 0.0534. The molecule has 4 heteroatoms. The zero-order valence-electron chi connectivity index (χ0n) is 9.61. The fourth-order valence-corrected chi connectivity index (χ4v) is 2.87. The van der Waals surface area contributed by atoms with Gasteiger partial charge in [-0.2, -0.15) is 11.3 Å². The highest BCUT2D eigenvalue weighted by molar-refractivity contribution is 7.07. The Morgan fingerprint density at radius 2 is 2.24 bits per heavy atom. The maximum Gasteiger partial charge on any atom is 0.0515 e. The lowest BCUT2D eigenvalue weighted by Gasteiger charge is -2.17. The molecule has 0 amide bonds. The highest BCUT2D eigenvalue weighted by atomic mass is 35.5. The Balaban J connectivity index is 2.23. The van der Waals surface area contributed by atoms with Gasteiger partial charge in [0, 0.05) is 5.02 Å². The van der Waals surface area contributed by atoms with Gasteiger partial charge in [-0.15, -0.1) is 0 Å². The van der Waals surface area contributed by atoms with Crippen LogP contribution in [0.1, 0.15) is 22.7 Å². The number of thiophene rings is 1. The van der Waals surface area contributed by atoms with Crippen molar-refractivity contribution in [1.29, 1.82) is 0 Å². The van der Waals surface area contributed by atoms with E-state index in [0.29, 0.717) is 0 Å². The second-order valence-corrected chi connectivity index (χ2v) is 5.27. The van der Waals surface area contributed by atoms with E-state index in [1.807, 2.05) is 19.1 Å². The van der Waals surface area contributed by atoms with Crippen molar-refractivity contribution < 1.29 is 0 Å². The number of hydrazine groups is 1. The quantitative estimate of drug-likeness (QED) is 0.657. The standard InChI is InChI=1S/C13H15ClN2S/c1-9-2-3-11(12(14)6-9)13(16-15)7-10-4-5-17-8-10/h2-6,8,13,16H,7,15H2,1H3. The largest absolute Gasteiger partial charge is 0.271 e. The van der Waals surface area contributed by atoms with Gasteiger partial charge in [0.2, 0.25) is 0 Å². The van der Waals surface area contributed by atoms with Crippen molar-refractivity contribution in [3.05, 3.63) is 56.7 Å². The molecule has 2 aromatic rings. The summed E-state index contributed by atoms with van der Waals surface area (Å²) in [6, 6.07) is 8.22. The van der Waals surface area contributed by atoms with Gasteiger partial charge in [0.15, 0.2) is 0 Å². The van der Waals surface area contributed by atoms with Gasteiger partial charge >= 0.3 is 0 Å². The van der Waals surface area contributed by atoms with Crippen LogP contribution in [0.3, 0.4) is 0 Å². The third kappa shape index (κ3) is 3.07. The number of hydrogen-bond acceptors (Lipinski definition) is 3. The molecule has 0 saturated carbocycles. The van der Waals surface area contributed by atoms with Crippen LogP contribution in [0, 0.1) is 6.92 Å². The maximum atomic E-state index is 6.25. The molecule has 0 aliphatic carbocycles. The number of aryl methyl sites for hydroxylation is 1. The Bertz CT molecular complexity index is 482. The van der Waals surface area contributed by atoms with Crippen molar-refractivity contribution in [2.24, 2.45) is 5.84 Å². The van der Waals surface area contributed by atoms with Crippen molar-refractivity contribution in [2.75, 3.05) is 0 Å². The molecule has 1 heterocycles. The van der Waals surface area contributed by atoms with Gasteiger partial charge in [0.05, 0.1) is 6.04 Å². The van der Waals surface area contributed by atoms with Crippen LogP contribution in [0.25, 0.3) is 0 Å². The van der Waals surface area contributed by atoms with Gasteiger partial charge in [0.25, 0.3) is 0 Å². The van der Waals surface area contributed by atoms with E-state index in [-0.39, 0.29) is 6.04 Å². The molecule has 0 aliphatic rings. The molecular formula is C13H15ClN2S. The zero-order valence-corrected chi connectivity index (χ0v) is 11.2. The molecule has 1 atom stereocenters. The number of hydrogen-bond donors (Lipinski definition) is 2. The number of rotatable bonds is 4. The second-order valence-electron chi connectivity index (χ2n) is 4.08. The molecule has 0 saturated heterocycles. The van der Waals surface area contributed by atoms with E-state index in [4.69, 9.17) is 17.4 Å². The van der Waals surface area contributed by atoms with Crippen molar-refractivity contribution in [2.45, 2.75) is 19.4 Å². The van der Waals surface area contributed by atoms with Gasteiger partial charge in [-0.3, -0.25) is 11.3 Å². The highest BCUT2D eigenvalue weighted by Crippen LogP contribution is 2.26. The molecule has 17 heavy (non-hydrogen) atoms. The van der Waals surface area contributed by atoms with Gasteiger partial charge in [0.1, 0.15) is 0 Å². The molecule has 2 rings (SSSR count). The Hall–Kier alpha value is -0.870. The van der Waals surface area contributed by atoms with Crippen LogP contribution in [0.2, 0.25) is 5.02 Å². The predicted octanol–water partition coefficient (Wildman–Crippen LogP) is 3.46. The average molecular weight is 267 g/mol. The fourth-order valence-electron chi connectivity index (χ4n) is 1.82. The summed E-state index contributed by atoms with van der Waals surface area (Å²) in [5, 5.41) is 4.97. The summed E-state index contributed by atoms with van der Waals surface area (Å²) in [6.45, 7) is 2.03. The smallest absolute Gasteiger partial charge is 0.0515 e. The van der Waals surface area contributed by atoms with E-state index in [2.05, 4.69) is 28.3 Å². The molecule has 0 bridgehead atoms. The van der Waals surface area contributed by atoms with Gasteiger partial charge in [-0.05, 0) is 52.9 Å². The maximum absolute atomic E-state index is 6.25. The molecule has 1 aromatic carbocycles. The summed E-state index contributed by atoms with van der Waals surface area (Å²) in [7, 11) is 0. The van der Waals surface area contributed by atoms with Crippen molar-refractivity contribution in [3.8, 4) is 0 Å². The van der Waals surface area contributed by atoms with Gasteiger partial charge < -0.3 is 0 Å². The third-order valence-electron chi connectivity index (χ3n) is 2.75. The second kappa shape index (κ2) is 5.65. The van der Waals surface area contributed by atoms with Crippen LogP contribution in [0.15, 0.2) is 35.0 Å². The summed E-state index contributed by atoms with van der Waals surface area (Å²) in [4.78, 5) is 0. The molecule has 1 unspecified atom stereocenters. The number of nitrogens with two attached hydrogens (primary N) is 1. The summed E-state index contributed by atoms with van der Waals surface area (Å²) in [5.41, 5.74) is 6.31. The third-order valence-corrected chi connectivity index (χ3v) is 3.81. The summed E-state index contributed by atoms with van der Waals surface area (Å²) < 4.78 is 0. The van der Waals surface area contributed by atoms with E-state index in [9.17, 15) is 0 Å². The molecule has 0 fully saturated rings. The lowest BCUT2D eigenvalue weighted by Crippen LogP contribution is -2.29. The molecular weight excluding hydrogens is 252 g/mol. The van der Waals surface area contributed by atoms with E-state index >= 15 is 0 Å². The zero-order chi connectivity index (χ0) is 12.3. The SMILES string of the molecule is Cc1ccc(C(Cc2ccsc2)NN)c(Cl)c1. The van der Waals surface area contributed by atoms with Gasteiger partial charge in [-0.1, -0.05) is 23.7 Å². The van der Waals surface area contributed by atoms with Crippen LogP contribution in [0.5, 0.6) is 0 Å². The summed E-state index contributed by atoms with van der Waals surface area (Å²) >= 11 is 7.94. The minimum absolute atomic E-state index is 0.0534. The number of halogens is 1. The van der Waals surface area contributed by atoms with E-state index < -0.39 is 0 Å². The minimum Gasteiger partial charge on any atom is -0.271 e. The van der Waals surface area contributed by atoms with E-state index in [0.717, 1.165) is 22.6 Å². The molecule has 0 aliphatic heterocycles. The monoisotopic (exact) mass is 266 g/mol. The molecule has 2 nitrogen and oxygen atoms in total. The van der Waals surface area contributed by atoms with Crippen LogP contribution < -0.4 is 11.3 Å². The van der Waals surface area contributed by atoms with Crippen molar-refractivity contribution in [3.63, 3.8) is 0 Å². The van der Waals surface area contributed by atoms with E-state index in [1.54, 1.807) is 11.3 Å². The summed E-state index contributed by atoms with van der Waals surface area (Å²) in [5.74, 6) is 5.62. The Morgan fingerprint density at radius 3 is 2.82 bits per heavy atom. The van der Waals surface area contributed by atoms with Crippen LogP contribution in [-0.2, 0) is 6.42 Å². The van der Waals surface area contributed by atoms with Crippen molar-refractivity contribution in [1.82, 2.24) is 5.43 Å². The Kier molecular flexibility index (Phi) is 4.18. The molecule has 3 N–H and O–H groups in total. The first-order chi connectivity index (χ1) is 8.20. The molecule has 0 radical (unpaired) electrons. The van der Waals surface area contributed by atoms with Crippen LogP contribution in [0.4, 0.5) is 0 Å². The predicted molar refractivity (Wildman–Crippen MR) is 74.3 cm³/mol. The lowest BCUT2D eigenvalue weighted by molar-refractivity contribution is 0.553. The molecule has 1 aromatic heterocycles. The fraction of sp³-hybridized carbons (Fsp3) is 0.231. The number of nitrogens with one attached hydrogen (secondary N) is 1. The normalized spacial score (nSPS) is 12.6. The Labute approximate surface area is 110 Å². The van der Waals surface area contributed by atoms with Crippen molar-refractivity contribution >= 4 is 22.9 Å². The lowest BCUT2D eigenvalue weighted by atomic mass is 10.00. The summed E-state index contributed by atoms with van der Waals surface area (Å²) in [6.07, 6.45) is 0.850.